The van der Waals surface area contributed by atoms with Gasteiger partial charge < -0.3 is 15.2 Å². The molecule has 4 heteroatoms. The largest absolute Gasteiger partial charge is 0.319 e. The summed E-state index contributed by atoms with van der Waals surface area (Å²) in [6, 6.07) is 4.35. The van der Waals surface area contributed by atoms with E-state index in [1.54, 1.807) is 17.7 Å². The first-order chi connectivity index (χ1) is 10.6. The molecule has 1 aliphatic carbocycles. The Morgan fingerprint density at radius 3 is 2.95 bits per heavy atom. The zero-order valence-electron chi connectivity index (χ0n) is 13.6. The van der Waals surface area contributed by atoms with Gasteiger partial charge in [0, 0.05) is 25.4 Å². The van der Waals surface area contributed by atoms with Crippen LogP contribution in [0.4, 0.5) is 0 Å². The van der Waals surface area contributed by atoms with Crippen LogP contribution in [0, 0.1) is 11.8 Å². The summed E-state index contributed by atoms with van der Waals surface area (Å²) < 4.78 is 1.60. The maximum absolute atomic E-state index is 11.7. The van der Waals surface area contributed by atoms with Crippen molar-refractivity contribution in [3.63, 3.8) is 0 Å². The zero-order valence-corrected chi connectivity index (χ0v) is 13.6. The number of aromatic nitrogens is 1. The predicted octanol–water partition coefficient (Wildman–Crippen LogP) is 1.77. The molecule has 0 amide bonds. The van der Waals surface area contributed by atoms with E-state index in [0.29, 0.717) is 12.0 Å². The van der Waals surface area contributed by atoms with Crippen LogP contribution in [-0.2, 0) is 7.05 Å². The summed E-state index contributed by atoms with van der Waals surface area (Å²) in [4.78, 5) is 11.7. The van der Waals surface area contributed by atoms with Crippen molar-refractivity contribution in [1.82, 2.24) is 15.2 Å². The van der Waals surface area contributed by atoms with E-state index in [1.165, 1.54) is 37.9 Å². The van der Waals surface area contributed by atoms with E-state index in [-0.39, 0.29) is 5.56 Å². The maximum Gasteiger partial charge on any atom is 0.250 e. The maximum atomic E-state index is 11.7. The molecule has 1 aliphatic heterocycles. The summed E-state index contributed by atoms with van der Waals surface area (Å²) in [5.74, 6) is 1.48. The van der Waals surface area contributed by atoms with Gasteiger partial charge in [0.1, 0.15) is 0 Å². The standard InChI is InChI=1S/C18H27N3O/c1-13(9-15-5-8-21(2)18(22)10-15)16-11-17(16)20-12-14-3-6-19-7-4-14/h5,8-10,14,16-17,19-20H,3-4,6-7,11-12H2,1-2H3/b13-9+. The van der Waals surface area contributed by atoms with Gasteiger partial charge in [0.25, 0.3) is 5.56 Å². The monoisotopic (exact) mass is 301 g/mol. The van der Waals surface area contributed by atoms with Crippen molar-refractivity contribution >= 4 is 6.08 Å². The number of aryl methyl sites for hydroxylation is 1. The summed E-state index contributed by atoms with van der Waals surface area (Å²) >= 11 is 0. The normalized spacial score (nSPS) is 26.2. The van der Waals surface area contributed by atoms with Crippen molar-refractivity contribution in [2.24, 2.45) is 18.9 Å². The number of rotatable bonds is 5. The molecule has 4 nitrogen and oxygen atoms in total. The lowest BCUT2D eigenvalue weighted by molar-refractivity contribution is 0.354. The number of nitrogens with one attached hydrogen (secondary N) is 2. The molecule has 1 aromatic heterocycles. The topological polar surface area (TPSA) is 46.1 Å². The Morgan fingerprint density at radius 2 is 2.23 bits per heavy atom. The van der Waals surface area contributed by atoms with Crippen molar-refractivity contribution in [3.8, 4) is 0 Å². The first-order valence-corrected chi connectivity index (χ1v) is 8.42. The second kappa shape index (κ2) is 6.80. The average Bonchev–Trinajstić information content (AvgIpc) is 3.30. The molecule has 1 aromatic rings. The van der Waals surface area contributed by atoms with Gasteiger partial charge in [-0.2, -0.15) is 0 Å². The summed E-state index contributed by atoms with van der Waals surface area (Å²) in [5, 5.41) is 7.15. The van der Waals surface area contributed by atoms with Gasteiger partial charge in [-0.3, -0.25) is 4.79 Å². The third-order valence-corrected chi connectivity index (χ3v) is 5.03. The minimum absolute atomic E-state index is 0.0536. The molecule has 2 aliphatic rings. The van der Waals surface area contributed by atoms with E-state index in [0.717, 1.165) is 18.0 Å². The molecule has 0 aromatic carbocycles. The molecule has 120 valence electrons. The molecule has 0 bridgehead atoms. The molecule has 0 radical (unpaired) electrons. The fraction of sp³-hybridized carbons (Fsp3) is 0.611. The van der Waals surface area contributed by atoms with Gasteiger partial charge in [0.15, 0.2) is 0 Å². The summed E-state index contributed by atoms with van der Waals surface area (Å²) in [7, 11) is 1.78. The van der Waals surface area contributed by atoms with Crippen LogP contribution in [-0.4, -0.2) is 30.2 Å². The highest BCUT2D eigenvalue weighted by Crippen LogP contribution is 2.38. The minimum atomic E-state index is 0.0536. The van der Waals surface area contributed by atoms with Gasteiger partial charge in [-0.1, -0.05) is 11.6 Å². The third-order valence-electron chi connectivity index (χ3n) is 5.03. The smallest absolute Gasteiger partial charge is 0.250 e. The van der Waals surface area contributed by atoms with Gasteiger partial charge in [-0.25, -0.2) is 0 Å². The summed E-state index contributed by atoms with van der Waals surface area (Å²) in [6.45, 7) is 5.68. The molecule has 3 rings (SSSR count). The number of pyridine rings is 1. The zero-order chi connectivity index (χ0) is 15.5. The van der Waals surface area contributed by atoms with Gasteiger partial charge in [-0.05, 0) is 69.3 Å². The summed E-state index contributed by atoms with van der Waals surface area (Å²) in [5.41, 5.74) is 2.46. The fourth-order valence-electron chi connectivity index (χ4n) is 3.35. The quantitative estimate of drug-likeness (QED) is 0.871. The van der Waals surface area contributed by atoms with Crippen LogP contribution in [0.15, 0.2) is 28.7 Å². The van der Waals surface area contributed by atoms with Crippen molar-refractivity contribution < 1.29 is 0 Å². The summed E-state index contributed by atoms with van der Waals surface area (Å²) in [6.07, 6.45) is 7.83. The molecule has 1 saturated carbocycles. The van der Waals surface area contributed by atoms with Crippen LogP contribution in [0.3, 0.4) is 0 Å². The highest BCUT2D eigenvalue weighted by atomic mass is 16.1. The van der Waals surface area contributed by atoms with Crippen molar-refractivity contribution in [2.75, 3.05) is 19.6 Å². The van der Waals surface area contributed by atoms with Gasteiger partial charge in [0.05, 0.1) is 0 Å². The Kier molecular flexibility index (Phi) is 4.79. The second-order valence-corrected chi connectivity index (χ2v) is 6.85. The highest BCUT2D eigenvalue weighted by molar-refractivity contribution is 5.53. The van der Waals surface area contributed by atoms with Gasteiger partial charge >= 0.3 is 0 Å². The first-order valence-electron chi connectivity index (χ1n) is 8.42. The first kappa shape index (κ1) is 15.5. The number of hydrogen-bond donors (Lipinski definition) is 2. The Balaban J connectivity index is 1.51. The van der Waals surface area contributed by atoms with Crippen LogP contribution < -0.4 is 16.2 Å². The molecule has 1 saturated heterocycles. The van der Waals surface area contributed by atoms with Crippen molar-refractivity contribution in [3.05, 3.63) is 39.8 Å². The molecular weight excluding hydrogens is 274 g/mol. The van der Waals surface area contributed by atoms with Crippen LogP contribution in [0.5, 0.6) is 0 Å². The van der Waals surface area contributed by atoms with E-state index >= 15 is 0 Å². The number of nitrogens with zero attached hydrogens (tertiary/aromatic N) is 1. The van der Waals surface area contributed by atoms with E-state index in [4.69, 9.17) is 0 Å². The second-order valence-electron chi connectivity index (χ2n) is 6.85. The van der Waals surface area contributed by atoms with Crippen molar-refractivity contribution in [2.45, 2.75) is 32.2 Å². The molecule has 2 N–H and O–H groups in total. The fourth-order valence-corrected chi connectivity index (χ4v) is 3.35. The van der Waals surface area contributed by atoms with E-state index in [2.05, 4.69) is 23.6 Å². The minimum Gasteiger partial charge on any atom is -0.319 e. The van der Waals surface area contributed by atoms with E-state index < -0.39 is 0 Å². The number of hydrogen-bond acceptors (Lipinski definition) is 3. The van der Waals surface area contributed by atoms with E-state index in [9.17, 15) is 4.79 Å². The third kappa shape index (κ3) is 3.87. The Bertz CT molecular complexity index is 599. The molecular formula is C18H27N3O. The molecule has 0 spiro atoms. The predicted molar refractivity (Wildman–Crippen MR) is 90.8 cm³/mol. The van der Waals surface area contributed by atoms with Gasteiger partial charge in [-0.15, -0.1) is 0 Å². The highest BCUT2D eigenvalue weighted by Gasteiger charge is 2.37. The average molecular weight is 301 g/mol. The Labute approximate surface area is 132 Å². The Hall–Kier alpha value is -1.39. The lowest BCUT2D eigenvalue weighted by Gasteiger charge is -2.22. The molecule has 2 fully saturated rings. The molecule has 2 heterocycles. The SMILES string of the molecule is C/C(=C\c1ccn(C)c(=O)c1)C1CC1NCC1CCNCC1. The van der Waals surface area contributed by atoms with Crippen LogP contribution in [0.25, 0.3) is 6.08 Å². The molecule has 22 heavy (non-hydrogen) atoms. The number of piperidine rings is 1. The lowest BCUT2D eigenvalue weighted by atomic mass is 9.98. The van der Waals surface area contributed by atoms with Crippen LogP contribution >= 0.6 is 0 Å². The molecule has 2 atom stereocenters. The van der Waals surface area contributed by atoms with Crippen molar-refractivity contribution in [1.29, 1.82) is 0 Å². The Morgan fingerprint density at radius 1 is 1.45 bits per heavy atom. The van der Waals surface area contributed by atoms with Gasteiger partial charge in [0.2, 0.25) is 0 Å². The van der Waals surface area contributed by atoms with Crippen LogP contribution in [0.1, 0.15) is 31.7 Å². The van der Waals surface area contributed by atoms with Crippen LogP contribution in [0.2, 0.25) is 0 Å². The lowest BCUT2D eigenvalue weighted by Crippen LogP contribution is -2.34. The molecule has 2 unspecified atom stereocenters. The van der Waals surface area contributed by atoms with E-state index in [1.807, 2.05) is 12.3 Å².